The number of fused-ring (bicyclic) bond motifs is 1. The van der Waals surface area contributed by atoms with Gasteiger partial charge in [0.2, 0.25) is 0 Å². The normalized spacial score (nSPS) is 12.4. The molecule has 0 saturated heterocycles. The lowest BCUT2D eigenvalue weighted by atomic mass is 10.0. The van der Waals surface area contributed by atoms with Gasteiger partial charge in [-0.05, 0) is 41.5 Å². The van der Waals surface area contributed by atoms with Crippen molar-refractivity contribution in [3.8, 4) is 22.3 Å². The van der Waals surface area contributed by atoms with Crippen molar-refractivity contribution in [1.29, 1.82) is 0 Å². The fourth-order valence-corrected chi connectivity index (χ4v) is 4.79. The SMILES string of the molecule is O=C(Nc1ccccc1-c1ccccc1)c1ccc2c(c1)C(=O)N(c1ccccc1-c1ccccc1)C2=O. The maximum Gasteiger partial charge on any atom is 0.266 e. The first kappa shape index (κ1) is 23.1. The highest BCUT2D eigenvalue weighted by Gasteiger charge is 2.38. The van der Waals surface area contributed by atoms with Gasteiger partial charge < -0.3 is 5.32 Å². The Kier molecular flexibility index (Phi) is 5.86. The summed E-state index contributed by atoms with van der Waals surface area (Å²) in [6.07, 6.45) is 0. The number of carbonyl (C=O) groups is 3. The van der Waals surface area contributed by atoms with Gasteiger partial charge in [-0.1, -0.05) is 97.1 Å². The summed E-state index contributed by atoms with van der Waals surface area (Å²) in [6, 6.07) is 38.9. The lowest BCUT2D eigenvalue weighted by molar-refractivity contribution is 0.0925. The number of nitrogens with one attached hydrogen (secondary N) is 1. The number of imide groups is 1. The molecular formula is C33H22N2O3. The lowest BCUT2D eigenvalue weighted by Crippen LogP contribution is -2.29. The van der Waals surface area contributed by atoms with Crippen molar-refractivity contribution >= 4 is 29.1 Å². The van der Waals surface area contributed by atoms with E-state index in [0.717, 1.165) is 22.3 Å². The van der Waals surface area contributed by atoms with Crippen LogP contribution < -0.4 is 10.2 Å². The second kappa shape index (κ2) is 9.64. The Bertz CT molecular complexity index is 1690. The molecular weight excluding hydrogens is 472 g/mol. The topological polar surface area (TPSA) is 66.5 Å². The predicted molar refractivity (Wildman–Crippen MR) is 149 cm³/mol. The first-order chi connectivity index (χ1) is 18.6. The van der Waals surface area contributed by atoms with E-state index in [4.69, 9.17) is 0 Å². The van der Waals surface area contributed by atoms with E-state index in [-0.39, 0.29) is 17.0 Å². The fourth-order valence-electron chi connectivity index (χ4n) is 4.79. The van der Waals surface area contributed by atoms with E-state index in [1.54, 1.807) is 24.3 Å². The molecule has 182 valence electrons. The van der Waals surface area contributed by atoms with E-state index in [1.807, 2.05) is 97.1 Å². The average Bonchev–Trinajstić information content (AvgIpc) is 3.23. The molecule has 1 aliphatic rings. The van der Waals surface area contributed by atoms with Gasteiger partial charge in [0.05, 0.1) is 16.8 Å². The Balaban J connectivity index is 1.32. The number of para-hydroxylation sites is 2. The first-order valence-electron chi connectivity index (χ1n) is 12.2. The smallest absolute Gasteiger partial charge is 0.266 e. The minimum absolute atomic E-state index is 0.210. The first-order valence-corrected chi connectivity index (χ1v) is 12.2. The molecule has 0 bridgehead atoms. The number of hydrogen-bond donors (Lipinski definition) is 1. The van der Waals surface area contributed by atoms with Crippen LogP contribution in [0.5, 0.6) is 0 Å². The average molecular weight is 495 g/mol. The van der Waals surface area contributed by atoms with Gasteiger partial charge in [-0.25, -0.2) is 4.90 Å². The summed E-state index contributed by atoms with van der Waals surface area (Å²) in [7, 11) is 0. The number of amides is 3. The second-order valence-electron chi connectivity index (χ2n) is 8.95. The van der Waals surface area contributed by atoms with Crippen molar-refractivity contribution in [3.05, 3.63) is 144 Å². The lowest BCUT2D eigenvalue weighted by Gasteiger charge is -2.18. The van der Waals surface area contributed by atoms with Crippen LogP contribution in [0.15, 0.2) is 127 Å². The maximum absolute atomic E-state index is 13.5. The molecule has 3 amide bonds. The summed E-state index contributed by atoms with van der Waals surface area (Å²) in [5, 5.41) is 2.97. The summed E-state index contributed by atoms with van der Waals surface area (Å²) in [4.78, 5) is 41.4. The van der Waals surface area contributed by atoms with Crippen molar-refractivity contribution in [3.63, 3.8) is 0 Å². The van der Waals surface area contributed by atoms with Crippen LogP contribution in [0.1, 0.15) is 31.1 Å². The third kappa shape index (κ3) is 4.06. The quantitative estimate of drug-likeness (QED) is 0.266. The molecule has 5 aromatic rings. The van der Waals surface area contributed by atoms with Crippen LogP contribution in [-0.2, 0) is 0 Å². The molecule has 0 spiro atoms. The summed E-state index contributed by atoms with van der Waals surface area (Å²) in [6.45, 7) is 0. The van der Waals surface area contributed by atoms with Crippen molar-refractivity contribution in [2.45, 2.75) is 0 Å². The van der Waals surface area contributed by atoms with Gasteiger partial charge in [-0.2, -0.15) is 0 Å². The molecule has 5 aromatic carbocycles. The van der Waals surface area contributed by atoms with Gasteiger partial charge >= 0.3 is 0 Å². The third-order valence-electron chi connectivity index (χ3n) is 6.64. The highest BCUT2D eigenvalue weighted by Crippen LogP contribution is 2.36. The van der Waals surface area contributed by atoms with Crippen LogP contribution in [0.3, 0.4) is 0 Å². The number of rotatable bonds is 5. The van der Waals surface area contributed by atoms with Crippen molar-refractivity contribution < 1.29 is 14.4 Å². The molecule has 5 heteroatoms. The van der Waals surface area contributed by atoms with Crippen LogP contribution in [0.25, 0.3) is 22.3 Å². The number of anilines is 2. The summed E-state index contributed by atoms with van der Waals surface area (Å²) in [5.41, 5.74) is 5.49. The zero-order chi connectivity index (χ0) is 26.1. The van der Waals surface area contributed by atoms with Crippen molar-refractivity contribution in [2.24, 2.45) is 0 Å². The minimum Gasteiger partial charge on any atom is -0.321 e. The van der Waals surface area contributed by atoms with Crippen LogP contribution >= 0.6 is 0 Å². The number of carbonyl (C=O) groups excluding carboxylic acids is 3. The van der Waals surface area contributed by atoms with Gasteiger partial charge in [-0.15, -0.1) is 0 Å². The largest absolute Gasteiger partial charge is 0.321 e. The van der Waals surface area contributed by atoms with E-state index in [1.165, 1.54) is 11.0 Å². The predicted octanol–water partition coefficient (Wildman–Crippen LogP) is 7.07. The number of benzene rings is 5. The number of nitrogens with zero attached hydrogens (tertiary/aromatic N) is 1. The van der Waals surface area contributed by atoms with Crippen LogP contribution in [0.2, 0.25) is 0 Å². The van der Waals surface area contributed by atoms with E-state index in [9.17, 15) is 14.4 Å². The highest BCUT2D eigenvalue weighted by atomic mass is 16.2. The molecule has 1 aliphatic heterocycles. The van der Waals surface area contributed by atoms with Gasteiger partial charge in [0.1, 0.15) is 0 Å². The standard InChI is InChI=1S/C33H22N2O3/c36-31(34-29-17-9-7-15-25(29)22-11-3-1-4-12-22)24-19-20-27-28(21-24)33(38)35(32(27)37)30-18-10-8-16-26(30)23-13-5-2-6-14-23/h1-21H,(H,34,36). The van der Waals surface area contributed by atoms with Crippen LogP contribution in [0.4, 0.5) is 11.4 Å². The summed E-state index contributed by atoms with van der Waals surface area (Å²) in [5.74, 6) is -1.22. The van der Waals surface area contributed by atoms with Gasteiger partial charge in [-0.3, -0.25) is 14.4 Å². The fraction of sp³-hybridized carbons (Fsp3) is 0. The molecule has 0 aliphatic carbocycles. The molecule has 0 fully saturated rings. The van der Waals surface area contributed by atoms with Crippen molar-refractivity contribution in [2.75, 3.05) is 10.2 Å². The summed E-state index contributed by atoms with van der Waals surface area (Å²) < 4.78 is 0. The molecule has 0 unspecified atom stereocenters. The molecule has 0 aromatic heterocycles. The monoisotopic (exact) mass is 494 g/mol. The third-order valence-corrected chi connectivity index (χ3v) is 6.64. The molecule has 0 atom stereocenters. The van der Waals surface area contributed by atoms with E-state index < -0.39 is 11.8 Å². The second-order valence-corrected chi connectivity index (χ2v) is 8.95. The molecule has 1 N–H and O–H groups in total. The van der Waals surface area contributed by atoms with E-state index in [0.29, 0.717) is 16.9 Å². The molecule has 1 heterocycles. The van der Waals surface area contributed by atoms with E-state index >= 15 is 0 Å². The Labute approximate surface area is 220 Å². The molecule has 38 heavy (non-hydrogen) atoms. The zero-order valence-electron chi connectivity index (χ0n) is 20.3. The van der Waals surface area contributed by atoms with Crippen LogP contribution in [0, 0.1) is 0 Å². The van der Waals surface area contributed by atoms with E-state index in [2.05, 4.69) is 5.32 Å². The van der Waals surface area contributed by atoms with Crippen molar-refractivity contribution in [1.82, 2.24) is 0 Å². The Morgan fingerprint density at radius 2 is 1.08 bits per heavy atom. The highest BCUT2D eigenvalue weighted by molar-refractivity contribution is 6.35. The molecule has 0 radical (unpaired) electrons. The number of hydrogen-bond acceptors (Lipinski definition) is 3. The Morgan fingerprint density at radius 1 is 0.526 bits per heavy atom. The van der Waals surface area contributed by atoms with Crippen LogP contribution in [-0.4, -0.2) is 17.7 Å². The minimum atomic E-state index is -0.451. The zero-order valence-corrected chi connectivity index (χ0v) is 20.3. The molecule has 6 rings (SSSR count). The summed E-state index contributed by atoms with van der Waals surface area (Å²) >= 11 is 0. The van der Waals surface area contributed by atoms with Gasteiger partial charge in [0.15, 0.2) is 0 Å². The molecule has 0 saturated carbocycles. The maximum atomic E-state index is 13.5. The van der Waals surface area contributed by atoms with Gasteiger partial charge in [0.25, 0.3) is 17.7 Å². The van der Waals surface area contributed by atoms with Gasteiger partial charge in [0, 0.05) is 22.4 Å². The Hall–Kier alpha value is -5.29. The molecule has 5 nitrogen and oxygen atoms in total. The Morgan fingerprint density at radius 3 is 1.79 bits per heavy atom.